The minimum absolute atomic E-state index is 0.0727. The van der Waals surface area contributed by atoms with E-state index in [9.17, 15) is 19.4 Å². The number of nitrogens with one attached hydrogen (secondary N) is 1. The molecule has 54 heavy (non-hydrogen) atoms. The van der Waals surface area contributed by atoms with E-state index in [0.717, 1.165) is 44.9 Å². The third-order valence-electron chi connectivity index (χ3n) is 9.95. The van der Waals surface area contributed by atoms with E-state index in [1.807, 2.05) is 6.08 Å². The van der Waals surface area contributed by atoms with Gasteiger partial charge in [0, 0.05) is 13.0 Å². The molecule has 318 valence electrons. The molecular weight excluding hydrogens is 695 g/mol. The van der Waals surface area contributed by atoms with Gasteiger partial charge < -0.3 is 21.1 Å². The van der Waals surface area contributed by atoms with Crippen LogP contribution in [-0.4, -0.2) is 47.8 Å². The minimum atomic E-state index is -4.35. The predicted molar refractivity (Wildman–Crippen MR) is 231 cm³/mol. The van der Waals surface area contributed by atoms with Crippen LogP contribution in [0.25, 0.3) is 0 Å². The molecule has 0 bridgehead atoms. The second-order valence-electron chi connectivity index (χ2n) is 15.2. The van der Waals surface area contributed by atoms with E-state index in [-0.39, 0.29) is 25.7 Å². The van der Waals surface area contributed by atoms with Crippen LogP contribution < -0.4 is 11.1 Å². The van der Waals surface area contributed by atoms with Crippen molar-refractivity contribution in [1.82, 2.24) is 5.32 Å². The van der Waals surface area contributed by atoms with Crippen molar-refractivity contribution in [2.45, 2.75) is 225 Å². The standard InChI is InChI=1S/C45H87N2O6P/c1-3-5-7-9-11-13-15-17-19-20-21-22-23-25-27-29-31-33-35-37-39-45(49)47-43(42-53-54(50,51)52-41-40-46)44(48)38-36-34-32-30-28-26-24-18-16-14-12-10-8-6-4-2/h16,18,28,30,36,38,43-44,48H,3-15,17,19-27,29,31-35,37,39-42,46H2,1-2H3,(H,47,49)(H,50,51)/b18-16+,30-28+,38-36+. The lowest BCUT2D eigenvalue weighted by Crippen LogP contribution is -2.45. The fraction of sp³-hybridized carbons (Fsp3) is 0.844. The molecule has 0 aromatic rings. The zero-order chi connectivity index (χ0) is 39.6. The van der Waals surface area contributed by atoms with Crippen LogP contribution in [-0.2, 0) is 18.4 Å². The van der Waals surface area contributed by atoms with E-state index in [0.29, 0.717) is 6.42 Å². The summed E-state index contributed by atoms with van der Waals surface area (Å²) in [7, 11) is -4.35. The average Bonchev–Trinajstić information content (AvgIpc) is 3.16. The fourth-order valence-corrected chi connectivity index (χ4v) is 7.28. The maximum Gasteiger partial charge on any atom is 0.472 e. The zero-order valence-corrected chi connectivity index (χ0v) is 36.1. The molecule has 1 amide bonds. The first-order valence-corrected chi connectivity index (χ1v) is 24.1. The third-order valence-corrected chi connectivity index (χ3v) is 10.9. The summed E-state index contributed by atoms with van der Waals surface area (Å²) in [4.78, 5) is 22.7. The summed E-state index contributed by atoms with van der Waals surface area (Å²) in [5, 5.41) is 13.6. The number of aliphatic hydroxyl groups is 1. The summed E-state index contributed by atoms with van der Waals surface area (Å²) >= 11 is 0. The first-order chi connectivity index (χ1) is 26.4. The van der Waals surface area contributed by atoms with E-state index in [4.69, 9.17) is 14.8 Å². The summed E-state index contributed by atoms with van der Waals surface area (Å²) in [5.41, 5.74) is 5.37. The van der Waals surface area contributed by atoms with Crippen LogP contribution in [0, 0.1) is 0 Å². The molecule has 8 nitrogen and oxygen atoms in total. The van der Waals surface area contributed by atoms with Gasteiger partial charge >= 0.3 is 7.82 Å². The molecule has 0 radical (unpaired) electrons. The number of amides is 1. The van der Waals surface area contributed by atoms with E-state index < -0.39 is 20.0 Å². The molecule has 0 aliphatic carbocycles. The molecule has 0 fully saturated rings. The van der Waals surface area contributed by atoms with Gasteiger partial charge in [-0.1, -0.05) is 198 Å². The molecule has 3 unspecified atom stereocenters. The summed E-state index contributed by atoms with van der Waals surface area (Å²) in [5.74, 6) is -0.206. The van der Waals surface area contributed by atoms with Gasteiger partial charge in [-0.3, -0.25) is 13.8 Å². The van der Waals surface area contributed by atoms with Crippen molar-refractivity contribution in [2.24, 2.45) is 5.73 Å². The van der Waals surface area contributed by atoms with Crippen LogP contribution in [0.5, 0.6) is 0 Å². The van der Waals surface area contributed by atoms with Gasteiger partial charge in [-0.2, -0.15) is 0 Å². The maximum absolute atomic E-state index is 12.8. The SMILES string of the molecule is CCCCCCC/C=C/CC/C=C/CC/C=C/C(O)C(COP(=O)(O)OCCN)NC(=O)CCCCCCCCCCCCCCCCCCCCCC. The van der Waals surface area contributed by atoms with E-state index in [1.165, 1.54) is 148 Å². The van der Waals surface area contributed by atoms with Crippen molar-refractivity contribution < 1.29 is 28.4 Å². The Morgan fingerprint density at radius 3 is 1.43 bits per heavy atom. The number of allylic oxidation sites excluding steroid dienone is 5. The second-order valence-corrected chi connectivity index (χ2v) is 16.7. The van der Waals surface area contributed by atoms with Crippen LogP contribution in [0.3, 0.4) is 0 Å². The Balaban J connectivity index is 4.20. The number of nitrogens with two attached hydrogens (primary N) is 1. The third kappa shape index (κ3) is 39.0. The summed E-state index contributed by atoms with van der Waals surface area (Å²) < 4.78 is 22.1. The van der Waals surface area contributed by atoms with Gasteiger partial charge in [0.15, 0.2) is 0 Å². The van der Waals surface area contributed by atoms with Crippen molar-refractivity contribution in [2.75, 3.05) is 19.8 Å². The number of phosphoric ester groups is 1. The van der Waals surface area contributed by atoms with Crippen molar-refractivity contribution in [3.05, 3.63) is 36.5 Å². The number of phosphoric acid groups is 1. The van der Waals surface area contributed by atoms with Crippen LogP contribution in [0.15, 0.2) is 36.5 Å². The Morgan fingerprint density at radius 1 is 0.593 bits per heavy atom. The Morgan fingerprint density at radius 2 is 0.981 bits per heavy atom. The number of rotatable bonds is 42. The smallest absolute Gasteiger partial charge is 0.387 e. The van der Waals surface area contributed by atoms with Crippen molar-refractivity contribution in [3.8, 4) is 0 Å². The lowest BCUT2D eigenvalue weighted by Gasteiger charge is -2.23. The normalized spacial score (nSPS) is 14.4. The quantitative estimate of drug-likeness (QED) is 0.0275. The summed E-state index contributed by atoms with van der Waals surface area (Å²) in [6.07, 6.45) is 49.1. The van der Waals surface area contributed by atoms with Gasteiger partial charge in [0.2, 0.25) is 5.91 Å². The second kappa shape index (κ2) is 41.4. The van der Waals surface area contributed by atoms with Crippen LogP contribution in [0.4, 0.5) is 0 Å². The highest BCUT2D eigenvalue weighted by Gasteiger charge is 2.26. The Labute approximate surface area is 333 Å². The molecule has 5 N–H and O–H groups in total. The summed E-state index contributed by atoms with van der Waals surface area (Å²) in [6.45, 7) is 4.10. The topological polar surface area (TPSA) is 131 Å². The molecule has 0 spiro atoms. The largest absolute Gasteiger partial charge is 0.472 e. The molecule has 0 heterocycles. The highest BCUT2D eigenvalue weighted by atomic mass is 31.2. The first-order valence-electron chi connectivity index (χ1n) is 22.6. The van der Waals surface area contributed by atoms with Gasteiger partial charge in [0.05, 0.1) is 25.4 Å². The van der Waals surface area contributed by atoms with E-state index >= 15 is 0 Å². The van der Waals surface area contributed by atoms with Crippen LogP contribution in [0.2, 0.25) is 0 Å². The Bertz CT molecular complexity index is 943. The molecular formula is C45H87N2O6P. The first kappa shape index (κ1) is 52.7. The highest BCUT2D eigenvalue weighted by Crippen LogP contribution is 2.43. The molecule has 0 aromatic heterocycles. The molecule has 3 atom stereocenters. The highest BCUT2D eigenvalue weighted by molar-refractivity contribution is 7.47. The predicted octanol–water partition coefficient (Wildman–Crippen LogP) is 12.7. The number of hydrogen-bond donors (Lipinski definition) is 4. The van der Waals surface area contributed by atoms with Crippen molar-refractivity contribution in [1.29, 1.82) is 0 Å². The Kier molecular flexibility index (Phi) is 40.4. The van der Waals surface area contributed by atoms with Gasteiger partial charge in [0.25, 0.3) is 0 Å². The fourth-order valence-electron chi connectivity index (χ4n) is 6.52. The lowest BCUT2D eigenvalue weighted by molar-refractivity contribution is -0.123. The molecule has 0 aliphatic rings. The number of hydrogen-bond acceptors (Lipinski definition) is 6. The van der Waals surface area contributed by atoms with Gasteiger partial charge in [-0.05, 0) is 44.9 Å². The number of aliphatic hydroxyl groups excluding tert-OH is 1. The monoisotopic (exact) mass is 783 g/mol. The molecule has 0 saturated carbocycles. The van der Waals surface area contributed by atoms with E-state index in [2.05, 4.69) is 43.5 Å². The van der Waals surface area contributed by atoms with Crippen LogP contribution in [0.1, 0.15) is 213 Å². The Hall–Kier alpha value is -1.28. The van der Waals surface area contributed by atoms with Gasteiger partial charge in [-0.25, -0.2) is 4.57 Å². The van der Waals surface area contributed by atoms with Gasteiger partial charge in [0.1, 0.15) is 0 Å². The van der Waals surface area contributed by atoms with Crippen LogP contribution >= 0.6 is 7.82 Å². The average molecular weight is 783 g/mol. The van der Waals surface area contributed by atoms with Crippen molar-refractivity contribution in [3.63, 3.8) is 0 Å². The lowest BCUT2D eigenvalue weighted by atomic mass is 10.0. The van der Waals surface area contributed by atoms with Gasteiger partial charge in [-0.15, -0.1) is 0 Å². The van der Waals surface area contributed by atoms with E-state index in [1.54, 1.807) is 6.08 Å². The molecule has 0 aromatic carbocycles. The zero-order valence-electron chi connectivity index (χ0n) is 35.2. The number of unbranched alkanes of at least 4 members (excludes halogenated alkanes) is 26. The maximum atomic E-state index is 12.8. The molecule has 9 heteroatoms. The molecule has 0 rings (SSSR count). The number of carbonyl (C=O) groups excluding carboxylic acids is 1. The molecule has 0 saturated heterocycles. The number of carbonyl (C=O) groups is 1. The summed E-state index contributed by atoms with van der Waals surface area (Å²) in [6, 6.07) is -0.880. The molecule has 0 aliphatic heterocycles. The van der Waals surface area contributed by atoms with Crippen molar-refractivity contribution >= 4 is 13.7 Å². The minimum Gasteiger partial charge on any atom is -0.387 e.